The first-order valence-corrected chi connectivity index (χ1v) is 43.7. The van der Waals surface area contributed by atoms with E-state index in [1.165, 1.54) is 83.5 Å². The summed E-state index contributed by atoms with van der Waals surface area (Å²) in [4.78, 5) is 0. The summed E-state index contributed by atoms with van der Waals surface area (Å²) < 4.78 is 0. The van der Waals surface area contributed by atoms with Gasteiger partial charge in [0.25, 0.3) is 0 Å². The van der Waals surface area contributed by atoms with Crippen LogP contribution in [0.2, 0.25) is 0 Å². The van der Waals surface area contributed by atoms with Gasteiger partial charge in [0.15, 0.2) is 0 Å². The van der Waals surface area contributed by atoms with Gasteiger partial charge in [-0.3, -0.25) is 0 Å². The molecule has 10 aliphatic carbocycles. The van der Waals surface area contributed by atoms with E-state index >= 15 is 0 Å². The maximum Gasteiger partial charge on any atom is 0.0498 e. The molecule has 0 saturated heterocycles. The topological polar surface area (TPSA) is 0 Å². The molecule has 526 valence electrons. The van der Waals surface area contributed by atoms with Gasteiger partial charge in [-0.05, 0) is 355 Å². The zero-order valence-corrected chi connectivity index (χ0v) is 63.5. The molecule has 0 heterocycles. The van der Waals surface area contributed by atoms with Crippen molar-refractivity contribution in [2.75, 3.05) is 0 Å². The lowest BCUT2D eigenvalue weighted by Gasteiger charge is -2.61. The van der Waals surface area contributed by atoms with Crippen LogP contribution in [-0.4, -0.2) is 0 Å². The highest BCUT2D eigenvalue weighted by Crippen LogP contribution is 2.91. The van der Waals surface area contributed by atoms with Crippen molar-refractivity contribution in [2.45, 2.75) is 27.1 Å². The molecule has 0 heteroatoms. The number of benzene rings is 25. The van der Waals surface area contributed by atoms with Gasteiger partial charge in [-0.1, -0.05) is 273 Å². The summed E-state index contributed by atoms with van der Waals surface area (Å²) in [6.07, 6.45) is 0. The minimum absolute atomic E-state index is 0.829. The molecule has 32 aromatic carbocycles. The normalized spacial score (nSPS) is 21.5. The van der Waals surface area contributed by atoms with Crippen molar-refractivity contribution < 1.29 is 0 Å². The Balaban J connectivity index is 0.859. The molecule has 42 rings (SSSR count). The minimum atomic E-state index is -0.829. The second-order valence-corrected chi connectivity index (χ2v) is 39.1. The standard InChI is InChI=1S/C120H45/c1-6-16-46(17-7-1)51-26-36-56(37-27-51)116-101-91-81-71-66-61-62-64-65-63(61)68-75-73(66)83(81)93-95-85(75)87-77(68)79-70(65)80-78-69(64)76-74-67(62)72(71)82-84(74)94-96-86(76)88(78)98-100-90(80)89(79)99-97(87)107-105(95)117(103(93)101,57-38-28-52(29-39-57)47-18-8-2-9-19-47)112-111(116)113-115-114(112)119(107,59-42-32-54(33-43-59)49-22-12-4-13-23-49)109(99)110(100)120(115,60-44-34-55(35-45-60)50-24-14-5-15-25-50)108(98)106(96)118(113,104(94)102(116)92(82)91)58-40-30-53(31-41-58)48-20-10-3-11-21-48/h1-45H/q-1. The molecule has 0 spiro atoms. The maximum absolute atomic E-state index is 2.73. The van der Waals surface area contributed by atoms with Crippen LogP contribution in [-0.2, 0) is 27.1 Å². The first-order chi connectivity index (χ1) is 59.7. The Kier molecular flexibility index (Phi) is 6.83. The Morgan fingerprint density at radius 2 is 0.267 bits per heavy atom. The van der Waals surface area contributed by atoms with Gasteiger partial charge in [-0.25, -0.2) is 0 Å². The van der Waals surface area contributed by atoms with Crippen molar-refractivity contribution in [1.29, 1.82) is 0 Å². The van der Waals surface area contributed by atoms with Crippen LogP contribution in [0.15, 0.2) is 273 Å². The molecule has 0 nitrogen and oxygen atoms in total. The van der Waals surface area contributed by atoms with Crippen molar-refractivity contribution in [3.63, 3.8) is 0 Å². The van der Waals surface area contributed by atoms with Crippen molar-refractivity contribution >= 4 is 215 Å². The third-order valence-electron chi connectivity index (χ3n) is 36.5. The molecule has 0 aromatic heterocycles. The van der Waals surface area contributed by atoms with E-state index in [1.807, 2.05) is 0 Å². The van der Waals surface area contributed by atoms with Crippen molar-refractivity contribution in [2.24, 2.45) is 0 Å². The summed E-state index contributed by atoms with van der Waals surface area (Å²) in [6, 6.07) is 110. The van der Waals surface area contributed by atoms with Gasteiger partial charge in [-0.15, -0.1) is 16.7 Å². The molecule has 0 fully saturated rings. The van der Waals surface area contributed by atoms with E-state index in [2.05, 4.69) is 273 Å². The minimum Gasteiger partial charge on any atom is -0.170 e. The lowest BCUT2D eigenvalue weighted by atomic mass is 9.45. The lowest BCUT2D eigenvalue weighted by Crippen LogP contribution is -2.51. The predicted molar refractivity (Wildman–Crippen MR) is 494 cm³/mol. The maximum atomic E-state index is 2.73. The zero-order chi connectivity index (χ0) is 74.7. The molecule has 0 unspecified atom stereocenters. The molecule has 0 atom stereocenters. The van der Waals surface area contributed by atoms with Crippen molar-refractivity contribution in [3.05, 3.63) is 384 Å². The van der Waals surface area contributed by atoms with Crippen LogP contribution < -0.4 is 0 Å². The Morgan fingerprint density at radius 1 is 0.117 bits per heavy atom. The molecular formula is C120H45-. The first kappa shape index (κ1) is 54.1. The Hall–Kier alpha value is -15.0. The summed E-state index contributed by atoms with van der Waals surface area (Å²) in [6.45, 7) is 0. The van der Waals surface area contributed by atoms with Crippen molar-refractivity contribution in [1.82, 2.24) is 0 Å². The molecule has 0 N–H and O–H groups in total. The third-order valence-corrected chi connectivity index (χ3v) is 36.5. The molecular weight excluding hydrogens is 1440 g/mol. The Morgan fingerprint density at radius 3 is 0.475 bits per heavy atom. The van der Waals surface area contributed by atoms with E-state index < -0.39 is 27.1 Å². The second-order valence-electron chi connectivity index (χ2n) is 39.1. The average molecular weight is 1490 g/mol. The van der Waals surface area contributed by atoms with Crippen LogP contribution >= 0.6 is 0 Å². The fraction of sp³-hybridized carbons (Fsp3) is 0.0417. The fourth-order valence-corrected chi connectivity index (χ4v) is 34.3. The Bertz CT molecular complexity index is 8860. The highest BCUT2D eigenvalue weighted by Gasteiger charge is 2.76. The highest BCUT2D eigenvalue weighted by atomic mass is 14.8. The summed E-state index contributed by atoms with van der Waals surface area (Å²) in [5.74, 6) is 0. The first-order valence-electron chi connectivity index (χ1n) is 43.7. The van der Waals surface area contributed by atoms with Crippen LogP contribution in [0.4, 0.5) is 0 Å². The predicted octanol–water partition coefficient (Wildman–Crippen LogP) is 29.4. The summed E-state index contributed by atoms with van der Waals surface area (Å²) in [7, 11) is 0. The molecule has 0 saturated carbocycles. The highest BCUT2D eigenvalue weighted by molar-refractivity contribution is 6.77. The fourth-order valence-electron chi connectivity index (χ4n) is 34.3. The van der Waals surface area contributed by atoms with Crippen LogP contribution in [0.1, 0.15) is 111 Å². The SMILES string of the molecule is c1ccc(-c2ccc(C34c5c6c7[c-]8c5C5(c9ccc(-c%10ccccc%10)cc9)c9c3c3c%10c4c4c%11c%12c(c%13c%14c%15c(c%16c%17c%18c(c5c5c9c9c3c3c%19c%10c%11c%10c%11c%12c%14c%12c%14c%15c%17c%15c%17c%18c5c5c9c3c3c(c%19%10)c(c%11%12)c(c%14%15)c3c5%17)C%168c3ccc(-c5ccccc5)cc3)C%137c3ccc(-c5ccccc5)cc3)C64c3ccc(-c4ccccc4)cc3)cc2)cc1. The summed E-state index contributed by atoms with van der Waals surface area (Å²) >= 11 is 0. The largest absolute Gasteiger partial charge is 0.170 e. The molecule has 32 aromatic rings. The number of hydrogen-bond donors (Lipinski definition) is 0. The van der Waals surface area contributed by atoms with Gasteiger partial charge in [0, 0.05) is 27.1 Å². The second kappa shape index (κ2) is 15.2. The molecule has 0 bridgehead atoms. The van der Waals surface area contributed by atoms with Gasteiger partial charge in [-0.2, -0.15) is 11.1 Å². The lowest BCUT2D eigenvalue weighted by molar-refractivity contribution is 0.571. The van der Waals surface area contributed by atoms with Crippen molar-refractivity contribution in [3.8, 4) is 55.6 Å². The quantitative estimate of drug-likeness (QED) is 0.0946. The van der Waals surface area contributed by atoms with E-state index in [-0.39, 0.29) is 0 Å². The third kappa shape index (κ3) is 4.05. The van der Waals surface area contributed by atoms with E-state index in [9.17, 15) is 0 Å². The van der Waals surface area contributed by atoms with Gasteiger partial charge in [0.05, 0.1) is 0 Å². The van der Waals surface area contributed by atoms with E-state index in [1.54, 1.807) is 299 Å². The summed E-state index contributed by atoms with van der Waals surface area (Å²) in [5, 5.41) is 63.5. The van der Waals surface area contributed by atoms with Crippen LogP contribution in [0.25, 0.3) is 271 Å². The molecule has 10 aliphatic rings. The Labute approximate surface area is 677 Å². The monoisotopic (exact) mass is 1490 g/mol. The molecule has 0 radical (unpaired) electrons. The van der Waals surface area contributed by atoms with E-state index in [4.69, 9.17) is 0 Å². The summed E-state index contributed by atoms with van der Waals surface area (Å²) in [5.41, 5.74) is 39.7. The molecule has 0 amide bonds. The van der Waals surface area contributed by atoms with Gasteiger partial charge in [0.1, 0.15) is 0 Å². The number of rotatable bonds is 10. The van der Waals surface area contributed by atoms with Crippen LogP contribution in [0, 0.1) is 0 Å². The van der Waals surface area contributed by atoms with E-state index in [0.29, 0.717) is 0 Å². The number of hydrogen-bond acceptors (Lipinski definition) is 0. The molecule has 0 aliphatic heterocycles. The van der Waals surface area contributed by atoms with Crippen LogP contribution in [0.5, 0.6) is 0 Å². The smallest absolute Gasteiger partial charge is 0.0498 e. The van der Waals surface area contributed by atoms with Gasteiger partial charge in [0.2, 0.25) is 0 Å². The van der Waals surface area contributed by atoms with Gasteiger partial charge >= 0.3 is 0 Å². The molecule has 120 heavy (non-hydrogen) atoms. The zero-order valence-electron chi connectivity index (χ0n) is 63.5. The average Bonchev–Trinajstić information content (AvgIpc) is 1.37. The van der Waals surface area contributed by atoms with Crippen LogP contribution in [0.3, 0.4) is 0 Å². The van der Waals surface area contributed by atoms with Gasteiger partial charge < -0.3 is 0 Å². The van der Waals surface area contributed by atoms with E-state index in [0.717, 1.165) is 0 Å².